The molecule has 0 aliphatic rings. The quantitative estimate of drug-likeness (QED) is 0.0731. The van der Waals surface area contributed by atoms with Gasteiger partial charge in [0, 0.05) is 6.61 Å². The Labute approximate surface area is 201 Å². The number of carbonyl (C=O) groups excluding carboxylic acids is 1. The summed E-state index contributed by atoms with van der Waals surface area (Å²) >= 11 is 0. The molecule has 0 aliphatic carbocycles. The minimum Gasteiger partial charge on any atom is -0.396 e. The molecular weight excluding hydrogens is 394 g/mol. The molecule has 0 atom stereocenters. The van der Waals surface area contributed by atoms with Crippen molar-refractivity contribution in [2.75, 3.05) is 13.2 Å². The van der Waals surface area contributed by atoms with E-state index in [1.165, 1.54) is 154 Å². The van der Waals surface area contributed by atoms with Crippen LogP contribution in [0, 0.1) is 0 Å². The van der Waals surface area contributed by atoms with E-state index in [1.807, 2.05) is 0 Å². The van der Waals surface area contributed by atoms with Gasteiger partial charge in [0.1, 0.15) is 0 Å². The normalized spacial score (nSPS) is 11.0. The number of isocyanates is 1. The number of aliphatic imine (C=N–C) groups is 1. The van der Waals surface area contributed by atoms with Gasteiger partial charge in [-0.25, -0.2) is 9.79 Å². The lowest BCUT2D eigenvalue weighted by Crippen LogP contribution is -1.85. The maximum absolute atomic E-state index is 9.96. The third-order valence-corrected chi connectivity index (χ3v) is 6.74. The van der Waals surface area contributed by atoms with Crippen LogP contribution in [-0.2, 0) is 4.79 Å². The highest BCUT2D eigenvalue weighted by Gasteiger charge is 1.96. The van der Waals surface area contributed by atoms with E-state index >= 15 is 0 Å². The first kappa shape index (κ1) is 31.3. The van der Waals surface area contributed by atoms with Gasteiger partial charge < -0.3 is 5.11 Å². The van der Waals surface area contributed by atoms with Crippen molar-refractivity contribution in [3.05, 3.63) is 0 Å². The molecule has 3 heteroatoms. The summed E-state index contributed by atoms with van der Waals surface area (Å²) < 4.78 is 0. The highest BCUT2D eigenvalue weighted by Crippen LogP contribution is 2.15. The molecule has 0 radical (unpaired) electrons. The Balaban J connectivity index is 3.00. The molecule has 0 rings (SSSR count). The lowest BCUT2D eigenvalue weighted by molar-refractivity contribution is 0.282. The molecule has 0 unspecified atom stereocenters. The Morgan fingerprint density at radius 2 is 0.594 bits per heavy atom. The summed E-state index contributed by atoms with van der Waals surface area (Å²) in [6.45, 7) is 1.03. The topological polar surface area (TPSA) is 49.7 Å². The molecule has 1 N–H and O–H groups in total. The lowest BCUT2D eigenvalue weighted by atomic mass is 10.0. The zero-order chi connectivity index (χ0) is 23.2. The molecule has 0 aromatic rings. The molecule has 32 heavy (non-hydrogen) atoms. The first-order valence-corrected chi connectivity index (χ1v) is 14.6. The fourth-order valence-electron chi connectivity index (χ4n) is 4.59. The van der Waals surface area contributed by atoms with Crippen LogP contribution in [0.3, 0.4) is 0 Å². The van der Waals surface area contributed by atoms with Gasteiger partial charge in [-0.15, -0.1) is 0 Å². The fourth-order valence-corrected chi connectivity index (χ4v) is 4.59. The Morgan fingerprint density at radius 1 is 0.375 bits per heavy atom. The summed E-state index contributed by atoms with van der Waals surface area (Å²) in [4.78, 5) is 13.6. The number of unbranched alkanes of at least 4 members (excludes halogenated alkanes) is 25. The Morgan fingerprint density at radius 3 is 0.812 bits per heavy atom. The van der Waals surface area contributed by atoms with Gasteiger partial charge in [-0.2, -0.15) is 0 Å². The molecule has 0 saturated carbocycles. The maximum Gasteiger partial charge on any atom is 0.234 e. The van der Waals surface area contributed by atoms with E-state index in [-0.39, 0.29) is 0 Å². The van der Waals surface area contributed by atoms with Crippen LogP contribution in [0.25, 0.3) is 0 Å². The first-order valence-electron chi connectivity index (χ1n) is 14.6. The van der Waals surface area contributed by atoms with Gasteiger partial charge in [0.2, 0.25) is 6.08 Å². The van der Waals surface area contributed by atoms with E-state index in [9.17, 15) is 4.79 Å². The zero-order valence-electron chi connectivity index (χ0n) is 21.6. The molecule has 0 amide bonds. The molecule has 3 nitrogen and oxygen atoms in total. The second-order valence-corrected chi connectivity index (χ2v) is 9.89. The zero-order valence-corrected chi connectivity index (χ0v) is 21.6. The summed E-state index contributed by atoms with van der Waals surface area (Å²) in [6.07, 6.45) is 37.2. The molecule has 0 saturated heterocycles. The Hall–Kier alpha value is -0.660. The summed E-state index contributed by atoms with van der Waals surface area (Å²) in [5.74, 6) is 0. The van der Waals surface area contributed by atoms with Gasteiger partial charge in [-0.1, -0.05) is 154 Å². The molecule has 190 valence electrons. The van der Waals surface area contributed by atoms with Gasteiger partial charge >= 0.3 is 0 Å². The van der Waals surface area contributed by atoms with E-state index < -0.39 is 0 Å². The molecule has 0 spiro atoms. The number of hydrogen-bond donors (Lipinski definition) is 1. The van der Waals surface area contributed by atoms with Crippen molar-refractivity contribution >= 4 is 6.08 Å². The number of nitrogens with zero attached hydrogens (tertiary/aromatic N) is 1. The second kappa shape index (κ2) is 30.3. The number of rotatable bonds is 28. The largest absolute Gasteiger partial charge is 0.396 e. The molecule has 0 aromatic carbocycles. The van der Waals surface area contributed by atoms with Crippen LogP contribution in [0.1, 0.15) is 167 Å². The third kappa shape index (κ3) is 29.3. The predicted octanol–water partition coefficient (Wildman–Crippen LogP) is 9.46. The van der Waals surface area contributed by atoms with E-state index in [0.29, 0.717) is 13.2 Å². The van der Waals surface area contributed by atoms with Crippen molar-refractivity contribution in [2.24, 2.45) is 4.99 Å². The summed E-state index contributed by atoms with van der Waals surface area (Å²) in [5, 5.41) is 8.76. The van der Waals surface area contributed by atoms with E-state index in [4.69, 9.17) is 5.11 Å². The summed E-state index contributed by atoms with van der Waals surface area (Å²) in [5.41, 5.74) is 0. The summed E-state index contributed by atoms with van der Waals surface area (Å²) in [7, 11) is 0. The highest BCUT2D eigenvalue weighted by molar-refractivity contribution is 5.32. The lowest BCUT2D eigenvalue weighted by Gasteiger charge is -2.04. The smallest absolute Gasteiger partial charge is 0.234 e. The van der Waals surface area contributed by atoms with Gasteiger partial charge in [0.15, 0.2) is 0 Å². The van der Waals surface area contributed by atoms with E-state index in [2.05, 4.69) is 4.99 Å². The van der Waals surface area contributed by atoms with Crippen molar-refractivity contribution in [3.63, 3.8) is 0 Å². The number of aliphatic hydroxyl groups is 1. The molecular formula is C29H57NO2. The maximum atomic E-state index is 9.96. The van der Waals surface area contributed by atoms with Gasteiger partial charge in [0.25, 0.3) is 0 Å². The highest BCUT2D eigenvalue weighted by atomic mass is 16.2. The molecule has 0 bridgehead atoms. The van der Waals surface area contributed by atoms with Crippen LogP contribution < -0.4 is 0 Å². The molecule has 0 aliphatic heterocycles. The third-order valence-electron chi connectivity index (χ3n) is 6.74. The number of aliphatic hydroxyl groups excluding tert-OH is 1. The Bertz CT molecular complexity index is 379. The fraction of sp³-hybridized carbons (Fsp3) is 0.966. The van der Waals surface area contributed by atoms with Crippen molar-refractivity contribution in [1.29, 1.82) is 0 Å². The molecule has 0 heterocycles. The predicted molar refractivity (Wildman–Crippen MR) is 140 cm³/mol. The standard InChI is InChI=1S/C29H57NO2/c31-28-26-24-22-20-18-16-14-12-10-8-6-4-2-1-3-5-7-9-11-13-15-17-19-21-23-25-27-30-29-32/h31H,1-28H2. The summed E-state index contributed by atoms with van der Waals surface area (Å²) in [6, 6.07) is 0. The SMILES string of the molecule is O=C=NCCCCCCCCCCCCCCCCCCCCCCCCCCCCO. The van der Waals surface area contributed by atoms with Gasteiger partial charge in [-0.05, 0) is 12.8 Å². The average Bonchev–Trinajstić information content (AvgIpc) is 2.81. The minimum absolute atomic E-state index is 0.366. The first-order chi connectivity index (χ1) is 15.9. The second-order valence-electron chi connectivity index (χ2n) is 9.89. The van der Waals surface area contributed by atoms with Crippen molar-refractivity contribution in [1.82, 2.24) is 0 Å². The van der Waals surface area contributed by atoms with Gasteiger partial charge in [-0.3, -0.25) is 0 Å². The van der Waals surface area contributed by atoms with E-state index in [1.54, 1.807) is 6.08 Å². The van der Waals surface area contributed by atoms with Gasteiger partial charge in [0.05, 0.1) is 6.54 Å². The van der Waals surface area contributed by atoms with Crippen LogP contribution in [0.2, 0.25) is 0 Å². The van der Waals surface area contributed by atoms with Crippen LogP contribution in [-0.4, -0.2) is 24.3 Å². The number of hydrogen-bond acceptors (Lipinski definition) is 3. The van der Waals surface area contributed by atoms with Crippen LogP contribution in [0.4, 0.5) is 0 Å². The van der Waals surface area contributed by atoms with Crippen molar-refractivity contribution in [3.8, 4) is 0 Å². The van der Waals surface area contributed by atoms with Crippen LogP contribution in [0.15, 0.2) is 4.99 Å². The monoisotopic (exact) mass is 451 g/mol. The van der Waals surface area contributed by atoms with Crippen LogP contribution in [0.5, 0.6) is 0 Å². The molecule has 0 fully saturated rings. The average molecular weight is 452 g/mol. The van der Waals surface area contributed by atoms with E-state index in [0.717, 1.165) is 12.8 Å². The van der Waals surface area contributed by atoms with Crippen LogP contribution >= 0.6 is 0 Å². The minimum atomic E-state index is 0.366. The Kier molecular flexibility index (Phi) is 29.7. The molecule has 0 aromatic heterocycles. The van der Waals surface area contributed by atoms with Crippen molar-refractivity contribution in [2.45, 2.75) is 167 Å². The van der Waals surface area contributed by atoms with Crippen molar-refractivity contribution < 1.29 is 9.90 Å².